The fourth-order valence-electron chi connectivity index (χ4n) is 3.48. The van der Waals surface area contributed by atoms with Gasteiger partial charge in [0.2, 0.25) is 0 Å². The lowest BCUT2D eigenvalue weighted by molar-refractivity contribution is 0.0595. The number of hydrogen-bond donors (Lipinski definition) is 4. The lowest BCUT2D eigenvalue weighted by Gasteiger charge is -2.27. The minimum Gasteiger partial charge on any atom is -0.395 e. The van der Waals surface area contributed by atoms with E-state index in [1.807, 2.05) is 0 Å². The number of unbranched alkanes of at least 4 members (excludes halogenated alkanes) is 7. The number of hydrogen-bond acceptors (Lipinski definition) is 5. The van der Waals surface area contributed by atoms with E-state index in [1.165, 1.54) is 38.5 Å². The van der Waals surface area contributed by atoms with Gasteiger partial charge in [0.15, 0.2) is 0 Å². The molecular weight excluding hydrogens is 340 g/mol. The SMILES string of the molecule is CCCCCCC(O)CN(CCCCC(N)CO)CC(O)CCCCCC. The second-order valence-electron chi connectivity index (χ2n) is 8.20. The lowest BCUT2D eigenvalue weighted by Crippen LogP contribution is -2.39. The van der Waals surface area contributed by atoms with E-state index in [0.29, 0.717) is 13.1 Å². The minimum atomic E-state index is -0.311. The van der Waals surface area contributed by atoms with Crippen molar-refractivity contribution in [2.75, 3.05) is 26.2 Å². The second-order valence-corrected chi connectivity index (χ2v) is 8.20. The normalized spacial score (nSPS) is 15.2. The van der Waals surface area contributed by atoms with E-state index < -0.39 is 0 Å². The Kier molecular flexibility index (Phi) is 19.0. The highest BCUT2D eigenvalue weighted by atomic mass is 16.3. The summed E-state index contributed by atoms with van der Waals surface area (Å²) in [5, 5.41) is 29.8. The minimum absolute atomic E-state index is 0.0384. The third-order valence-corrected chi connectivity index (χ3v) is 5.25. The van der Waals surface area contributed by atoms with E-state index in [-0.39, 0.29) is 24.9 Å². The van der Waals surface area contributed by atoms with Gasteiger partial charge in [-0.1, -0.05) is 71.6 Å². The van der Waals surface area contributed by atoms with Crippen LogP contribution in [0.15, 0.2) is 0 Å². The van der Waals surface area contributed by atoms with Gasteiger partial charge in [-0.3, -0.25) is 4.90 Å². The Morgan fingerprint density at radius 3 is 1.63 bits per heavy atom. The first-order chi connectivity index (χ1) is 13.0. The van der Waals surface area contributed by atoms with Gasteiger partial charge in [-0.05, 0) is 32.2 Å². The molecule has 0 rings (SSSR count). The molecular formula is C22H48N2O3. The molecule has 0 amide bonds. The van der Waals surface area contributed by atoms with E-state index >= 15 is 0 Å². The van der Waals surface area contributed by atoms with Crippen molar-refractivity contribution in [3.05, 3.63) is 0 Å². The Bertz CT molecular complexity index is 285. The number of nitrogens with two attached hydrogens (primary N) is 1. The van der Waals surface area contributed by atoms with Crippen LogP contribution >= 0.6 is 0 Å². The van der Waals surface area contributed by atoms with Gasteiger partial charge in [-0.25, -0.2) is 0 Å². The molecule has 0 aromatic rings. The number of rotatable bonds is 20. The highest BCUT2D eigenvalue weighted by molar-refractivity contribution is 4.70. The first-order valence-electron chi connectivity index (χ1n) is 11.5. The largest absolute Gasteiger partial charge is 0.395 e. The Hall–Kier alpha value is -0.200. The summed E-state index contributed by atoms with van der Waals surface area (Å²) in [7, 11) is 0. The molecule has 0 radical (unpaired) electrons. The molecule has 27 heavy (non-hydrogen) atoms. The summed E-state index contributed by atoms with van der Waals surface area (Å²) in [6.45, 7) is 6.59. The van der Waals surface area contributed by atoms with Crippen LogP contribution in [0, 0.1) is 0 Å². The van der Waals surface area contributed by atoms with E-state index in [2.05, 4.69) is 18.7 Å². The predicted octanol–water partition coefficient (Wildman–Crippen LogP) is 3.44. The maximum absolute atomic E-state index is 10.4. The average molecular weight is 389 g/mol. The number of aliphatic hydroxyl groups excluding tert-OH is 3. The zero-order valence-corrected chi connectivity index (χ0v) is 18.1. The van der Waals surface area contributed by atoms with E-state index in [1.54, 1.807) is 0 Å². The van der Waals surface area contributed by atoms with Crippen molar-refractivity contribution in [2.45, 2.75) is 116 Å². The van der Waals surface area contributed by atoms with E-state index in [0.717, 1.165) is 51.5 Å². The predicted molar refractivity (Wildman–Crippen MR) is 115 cm³/mol. The number of aliphatic hydroxyl groups is 3. The van der Waals surface area contributed by atoms with Crippen LogP contribution in [0.2, 0.25) is 0 Å². The summed E-state index contributed by atoms with van der Waals surface area (Å²) in [6, 6.07) is -0.133. The molecule has 3 atom stereocenters. The van der Waals surface area contributed by atoms with Crippen molar-refractivity contribution >= 4 is 0 Å². The molecule has 0 bridgehead atoms. The smallest absolute Gasteiger partial charge is 0.0667 e. The van der Waals surface area contributed by atoms with Gasteiger partial charge in [0, 0.05) is 19.1 Å². The summed E-state index contributed by atoms with van der Waals surface area (Å²) in [6.07, 6.45) is 13.3. The van der Waals surface area contributed by atoms with Crippen molar-refractivity contribution in [2.24, 2.45) is 5.73 Å². The van der Waals surface area contributed by atoms with Gasteiger partial charge in [0.05, 0.1) is 18.8 Å². The molecule has 0 saturated carbocycles. The van der Waals surface area contributed by atoms with Crippen LogP contribution < -0.4 is 5.73 Å². The van der Waals surface area contributed by atoms with Crippen LogP contribution in [0.25, 0.3) is 0 Å². The second kappa shape index (κ2) is 19.1. The molecule has 0 aromatic heterocycles. The van der Waals surface area contributed by atoms with Crippen LogP contribution in [-0.2, 0) is 0 Å². The van der Waals surface area contributed by atoms with Gasteiger partial charge in [0.25, 0.3) is 0 Å². The standard InChI is InChI=1S/C22H48N2O3/c1-3-5-7-9-14-21(26)17-24(16-12-11-13-20(23)19-25)18-22(27)15-10-8-6-4-2/h20-22,25-27H,3-19,23H2,1-2H3. The van der Waals surface area contributed by atoms with Gasteiger partial charge in [-0.2, -0.15) is 0 Å². The molecule has 5 nitrogen and oxygen atoms in total. The van der Waals surface area contributed by atoms with E-state index in [4.69, 9.17) is 10.8 Å². The molecule has 3 unspecified atom stereocenters. The Morgan fingerprint density at radius 1 is 0.704 bits per heavy atom. The van der Waals surface area contributed by atoms with Crippen LogP contribution in [0.5, 0.6) is 0 Å². The maximum atomic E-state index is 10.4. The topological polar surface area (TPSA) is 90.0 Å². The summed E-state index contributed by atoms with van der Waals surface area (Å²) in [4.78, 5) is 2.22. The fraction of sp³-hybridized carbons (Fsp3) is 1.00. The van der Waals surface area contributed by atoms with Crippen molar-refractivity contribution in [3.8, 4) is 0 Å². The van der Waals surface area contributed by atoms with Crippen LogP contribution in [0.1, 0.15) is 97.3 Å². The molecule has 5 heteroatoms. The quantitative estimate of drug-likeness (QED) is 0.240. The van der Waals surface area contributed by atoms with Gasteiger partial charge in [-0.15, -0.1) is 0 Å². The maximum Gasteiger partial charge on any atom is 0.0667 e. The monoisotopic (exact) mass is 388 g/mol. The summed E-state index contributed by atoms with van der Waals surface area (Å²) >= 11 is 0. The summed E-state index contributed by atoms with van der Waals surface area (Å²) in [5.41, 5.74) is 5.77. The number of nitrogens with zero attached hydrogens (tertiary/aromatic N) is 1. The molecule has 0 aliphatic carbocycles. The Balaban J connectivity index is 4.25. The molecule has 164 valence electrons. The average Bonchev–Trinajstić information content (AvgIpc) is 2.65. The van der Waals surface area contributed by atoms with E-state index in [9.17, 15) is 10.2 Å². The Morgan fingerprint density at radius 2 is 1.19 bits per heavy atom. The summed E-state index contributed by atoms with van der Waals surface area (Å²) < 4.78 is 0. The van der Waals surface area contributed by atoms with Crippen LogP contribution in [0.3, 0.4) is 0 Å². The molecule has 0 aliphatic heterocycles. The van der Waals surface area contributed by atoms with Crippen LogP contribution in [-0.4, -0.2) is 64.7 Å². The first-order valence-corrected chi connectivity index (χ1v) is 11.5. The molecule has 0 fully saturated rings. The lowest BCUT2D eigenvalue weighted by atomic mass is 10.1. The van der Waals surface area contributed by atoms with Crippen molar-refractivity contribution in [3.63, 3.8) is 0 Å². The molecule has 0 aromatic carbocycles. The van der Waals surface area contributed by atoms with Crippen molar-refractivity contribution in [1.82, 2.24) is 4.90 Å². The van der Waals surface area contributed by atoms with Crippen LogP contribution in [0.4, 0.5) is 0 Å². The zero-order chi connectivity index (χ0) is 20.3. The highest BCUT2D eigenvalue weighted by Crippen LogP contribution is 2.11. The molecule has 0 saturated heterocycles. The summed E-state index contributed by atoms with van der Waals surface area (Å²) in [5.74, 6) is 0. The zero-order valence-electron chi connectivity index (χ0n) is 18.1. The van der Waals surface area contributed by atoms with Gasteiger partial charge < -0.3 is 21.1 Å². The Labute approximate surface area is 168 Å². The third kappa shape index (κ3) is 17.6. The molecule has 0 aliphatic rings. The van der Waals surface area contributed by atoms with Crippen molar-refractivity contribution < 1.29 is 15.3 Å². The van der Waals surface area contributed by atoms with Gasteiger partial charge >= 0.3 is 0 Å². The molecule has 0 heterocycles. The fourth-order valence-corrected chi connectivity index (χ4v) is 3.48. The third-order valence-electron chi connectivity index (χ3n) is 5.25. The van der Waals surface area contributed by atoms with Gasteiger partial charge in [0.1, 0.15) is 0 Å². The molecule has 0 spiro atoms. The van der Waals surface area contributed by atoms with Crippen molar-refractivity contribution in [1.29, 1.82) is 0 Å². The first kappa shape index (κ1) is 26.8. The highest BCUT2D eigenvalue weighted by Gasteiger charge is 2.15. The molecule has 5 N–H and O–H groups in total.